The number of unbranched alkanes of at least 4 members (excludes halogenated alkanes) is 1. The number of likely N-dealkylation sites (tertiary alicyclic amines) is 1. The van der Waals surface area contributed by atoms with Gasteiger partial charge in [-0.3, -0.25) is 9.78 Å². The number of nitrogens with one attached hydrogen (secondary N) is 1. The molecule has 4 nitrogen and oxygen atoms in total. The van der Waals surface area contributed by atoms with E-state index in [2.05, 4.69) is 15.2 Å². The van der Waals surface area contributed by atoms with E-state index in [1.165, 1.54) is 18.2 Å². The topological polar surface area (TPSA) is 45.2 Å². The molecule has 1 fully saturated rings. The fourth-order valence-corrected chi connectivity index (χ4v) is 4.00. The van der Waals surface area contributed by atoms with Crippen molar-refractivity contribution in [2.45, 2.75) is 38.3 Å². The van der Waals surface area contributed by atoms with Crippen LogP contribution in [-0.2, 0) is 17.4 Å². The summed E-state index contributed by atoms with van der Waals surface area (Å²) in [6, 6.07) is 9.42. The first-order chi connectivity index (χ1) is 15.4. The van der Waals surface area contributed by atoms with Crippen LogP contribution in [0.15, 0.2) is 54.9 Å². The number of hydrogen-bond acceptors (Lipinski definition) is 3. The Hall–Kier alpha value is -2.67. The molecule has 2 aromatic rings. The Kier molecular flexibility index (Phi) is 8.85. The second-order valence-corrected chi connectivity index (χ2v) is 8.31. The highest BCUT2D eigenvalue weighted by atomic mass is 19.4. The Morgan fingerprint density at radius 1 is 1.16 bits per heavy atom. The summed E-state index contributed by atoms with van der Waals surface area (Å²) in [5, 5.41) is 2.90. The summed E-state index contributed by atoms with van der Waals surface area (Å²) in [6.45, 7) is 3.58. The molecular weight excluding hydrogens is 415 g/mol. The van der Waals surface area contributed by atoms with Gasteiger partial charge in [0.2, 0.25) is 5.91 Å². The van der Waals surface area contributed by atoms with Crippen LogP contribution in [0.2, 0.25) is 0 Å². The molecule has 0 bridgehead atoms. The van der Waals surface area contributed by atoms with Gasteiger partial charge >= 0.3 is 6.18 Å². The maximum atomic E-state index is 12.9. The summed E-state index contributed by atoms with van der Waals surface area (Å²) in [6.07, 6.45) is 7.01. The van der Waals surface area contributed by atoms with Crippen molar-refractivity contribution in [3.8, 4) is 0 Å². The van der Waals surface area contributed by atoms with Crippen molar-refractivity contribution in [1.82, 2.24) is 15.2 Å². The number of amides is 1. The third-order valence-corrected chi connectivity index (χ3v) is 5.80. The zero-order valence-electron chi connectivity index (χ0n) is 18.2. The Morgan fingerprint density at radius 3 is 2.69 bits per heavy atom. The average molecular weight is 446 g/mol. The van der Waals surface area contributed by atoms with Gasteiger partial charge in [-0.1, -0.05) is 24.3 Å². The van der Waals surface area contributed by atoms with E-state index in [-0.39, 0.29) is 5.91 Å². The molecule has 1 saturated heterocycles. The minimum absolute atomic E-state index is 0.107. The molecule has 1 amide bonds. The standard InChI is InChI=1S/C25H30F3N3O/c26-25(27,28)23-7-3-5-22(18-23)17-20-10-15-31(16-11-20)14-2-1-13-30-24(32)9-8-21-6-4-12-29-19-21/h3-9,12,18-20H,1-2,10-11,13-17H2,(H,30,32)/b9-8+. The molecule has 0 saturated carbocycles. The van der Waals surface area contributed by atoms with Crippen LogP contribution in [0.5, 0.6) is 0 Å². The maximum absolute atomic E-state index is 12.9. The number of carbonyl (C=O) groups is 1. The number of benzene rings is 1. The fourth-order valence-electron chi connectivity index (χ4n) is 4.00. The number of halogens is 3. The summed E-state index contributed by atoms with van der Waals surface area (Å²) in [4.78, 5) is 18.3. The number of piperidine rings is 1. The quantitative estimate of drug-likeness (QED) is 0.438. The molecule has 3 rings (SSSR count). The predicted octanol–water partition coefficient (Wildman–Crippen LogP) is 4.96. The van der Waals surface area contributed by atoms with Gasteiger partial charge in [-0.05, 0) is 87.0 Å². The number of rotatable bonds is 9. The van der Waals surface area contributed by atoms with Gasteiger partial charge < -0.3 is 10.2 Å². The van der Waals surface area contributed by atoms with Crippen molar-refractivity contribution in [3.63, 3.8) is 0 Å². The van der Waals surface area contributed by atoms with Crippen molar-refractivity contribution in [1.29, 1.82) is 0 Å². The van der Waals surface area contributed by atoms with Crippen LogP contribution in [0.4, 0.5) is 13.2 Å². The number of alkyl halides is 3. The van der Waals surface area contributed by atoms with Crippen LogP contribution >= 0.6 is 0 Å². The van der Waals surface area contributed by atoms with Crippen molar-refractivity contribution in [2.75, 3.05) is 26.2 Å². The first-order valence-corrected chi connectivity index (χ1v) is 11.1. The van der Waals surface area contributed by atoms with E-state index in [9.17, 15) is 18.0 Å². The van der Waals surface area contributed by atoms with E-state index < -0.39 is 11.7 Å². The molecule has 2 heterocycles. The van der Waals surface area contributed by atoms with Gasteiger partial charge in [-0.15, -0.1) is 0 Å². The van der Waals surface area contributed by atoms with E-state index in [4.69, 9.17) is 0 Å². The number of aromatic nitrogens is 1. The summed E-state index contributed by atoms with van der Waals surface area (Å²) >= 11 is 0. The lowest BCUT2D eigenvalue weighted by molar-refractivity contribution is -0.137. The van der Waals surface area contributed by atoms with Crippen molar-refractivity contribution >= 4 is 12.0 Å². The highest BCUT2D eigenvalue weighted by Gasteiger charge is 2.30. The van der Waals surface area contributed by atoms with Crippen LogP contribution in [0, 0.1) is 5.92 Å². The molecule has 1 aromatic heterocycles. The highest BCUT2D eigenvalue weighted by Crippen LogP contribution is 2.31. The third kappa shape index (κ3) is 8.11. The molecule has 0 atom stereocenters. The van der Waals surface area contributed by atoms with E-state index >= 15 is 0 Å². The van der Waals surface area contributed by atoms with E-state index in [0.717, 1.165) is 62.5 Å². The minimum Gasteiger partial charge on any atom is -0.353 e. The van der Waals surface area contributed by atoms with Gasteiger partial charge in [0.05, 0.1) is 5.56 Å². The van der Waals surface area contributed by atoms with Gasteiger partial charge in [0.25, 0.3) is 0 Å². The normalized spacial score (nSPS) is 15.8. The molecule has 0 unspecified atom stereocenters. The molecule has 1 aliphatic heterocycles. The lowest BCUT2D eigenvalue weighted by Crippen LogP contribution is -2.35. The van der Waals surface area contributed by atoms with Crippen LogP contribution in [0.3, 0.4) is 0 Å². The SMILES string of the molecule is O=C(/C=C/c1cccnc1)NCCCCN1CCC(Cc2cccc(C(F)(F)F)c2)CC1. The maximum Gasteiger partial charge on any atom is 0.416 e. The molecule has 1 N–H and O–H groups in total. The number of pyridine rings is 1. The molecular formula is C25H30F3N3O. The van der Waals surface area contributed by atoms with Gasteiger partial charge in [-0.2, -0.15) is 13.2 Å². The molecule has 172 valence electrons. The number of hydrogen-bond donors (Lipinski definition) is 1. The molecule has 0 radical (unpaired) electrons. The molecule has 1 aliphatic rings. The molecule has 1 aromatic carbocycles. The summed E-state index contributed by atoms with van der Waals surface area (Å²) in [5.74, 6) is 0.324. The van der Waals surface area contributed by atoms with Crippen molar-refractivity contribution < 1.29 is 18.0 Å². The Balaban J connectivity index is 1.28. The van der Waals surface area contributed by atoms with Crippen LogP contribution in [0.25, 0.3) is 6.08 Å². The second-order valence-electron chi connectivity index (χ2n) is 8.31. The van der Waals surface area contributed by atoms with Gasteiger partial charge in [-0.25, -0.2) is 0 Å². The largest absolute Gasteiger partial charge is 0.416 e. The van der Waals surface area contributed by atoms with Gasteiger partial charge in [0, 0.05) is 25.0 Å². The minimum atomic E-state index is -4.28. The van der Waals surface area contributed by atoms with Crippen molar-refractivity contribution in [3.05, 3.63) is 71.6 Å². The predicted molar refractivity (Wildman–Crippen MR) is 120 cm³/mol. The Bertz CT molecular complexity index is 876. The van der Waals surface area contributed by atoms with Crippen LogP contribution in [-0.4, -0.2) is 42.0 Å². The van der Waals surface area contributed by atoms with Crippen LogP contribution < -0.4 is 5.32 Å². The lowest BCUT2D eigenvalue weighted by atomic mass is 9.89. The van der Waals surface area contributed by atoms with Gasteiger partial charge in [0.1, 0.15) is 0 Å². The zero-order valence-corrected chi connectivity index (χ0v) is 18.2. The number of nitrogens with zero attached hydrogens (tertiary/aromatic N) is 2. The van der Waals surface area contributed by atoms with Crippen LogP contribution in [0.1, 0.15) is 42.4 Å². The molecule has 32 heavy (non-hydrogen) atoms. The average Bonchev–Trinajstić information content (AvgIpc) is 2.79. The summed E-state index contributed by atoms with van der Waals surface area (Å²) in [5.41, 5.74) is 1.10. The molecule has 7 heteroatoms. The smallest absolute Gasteiger partial charge is 0.353 e. The second kappa shape index (κ2) is 11.8. The lowest BCUT2D eigenvalue weighted by Gasteiger charge is -2.32. The number of carbonyl (C=O) groups excluding carboxylic acids is 1. The monoisotopic (exact) mass is 445 g/mol. The van der Waals surface area contributed by atoms with E-state index in [0.29, 0.717) is 18.9 Å². The fraction of sp³-hybridized carbons (Fsp3) is 0.440. The molecule has 0 spiro atoms. The first kappa shape index (κ1) is 24.0. The summed E-state index contributed by atoms with van der Waals surface area (Å²) in [7, 11) is 0. The Labute approximate surface area is 187 Å². The van der Waals surface area contributed by atoms with Crippen molar-refractivity contribution in [2.24, 2.45) is 5.92 Å². The summed E-state index contributed by atoms with van der Waals surface area (Å²) < 4.78 is 38.7. The Morgan fingerprint density at radius 2 is 1.97 bits per heavy atom. The zero-order chi connectivity index (χ0) is 22.8. The van der Waals surface area contributed by atoms with E-state index in [1.54, 1.807) is 24.5 Å². The first-order valence-electron chi connectivity index (χ1n) is 11.1. The van der Waals surface area contributed by atoms with Gasteiger partial charge in [0.15, 0.2) is 0 Å². The highest BCUT2D eigenvalue weighted by molar-refractivity contribution is 5.91. The molecule has 0 aliphatic carbocycles. The third-order valence-electron chi connectivity index (χ3n) is 5.80. The van der Waals surface area contributed by atoms with E-state index in [1.807, 2.05) is 12.1 Å².